The molecule has 4 aromatic rings. The summed E-state index contributed by atoms with van der Waals surface area (Å²) in [4.78, 5) is 29.7. The lowest BCUT2D eigenvalue weighted by molar-refractivity contribution is 0.102. The highest BCUT2D eigenvalue weighted by molar-refractivity contribution is 6.05. The molecule has 0 aliphatic heterocycles. The molecule has 2 aromatic heterocycles. The molecule has 0 atom stereocenters. The minimum absolute atomic E-state index is 0.0529. The summed E-state index contributed by atoms with van der Waals surface area (Å²) in [5.41, 5.74) is 0.496. The summed E-state index contributed by atoms with van der Waals surface area (Å²) in [6, 6.07) is 16.3. The second-order valence-electron chi connectivity index (χ2n) is 6.82. The monoisotopic (exact) mass is 418 g/mol. The smallest absolute Gasteiger partial charge is 0.284 e. The number of carbonyl (C=O) groups is 1. The Labute approximate surface area is 177 Å². The van der Waals surface area contributed by atoms with Crippen LogP contribution in [0.4, 0.5) is 10.1 Å². The average molecular weight is 418 g/mol. The first-order valence-electron chi connectivity index (χ1n) is 9.48. The number of para-hydroxylation sites is 1. The zero-order chi connectivity index (χ0) is 22.0. The van der Waals surface area contributed by atoms with Crippen molar-refractivity contribution < 1.29 is 13.9 Å². The lowest BCUT2D eigenvalue weighted by Gasteiger charge is -2.09. The summed E-state index contributed by atoms with van der Waals surface area (Å²) in [5.74, 6) is -0.594. The lowest BCUT2D eigenvalue weighted by atomic mass is 10.2. The van der Waals surface area contributed by atoms with Crippen molar-refractivity contribution in [2.45, 2.75) is 6.92 Å². The maximum atomic E-state index is 14.6. The molecule has 0 radical (unpaired) electrons. The Morgan fingerprint density at radius 1 is 1.03 bits per heavy atom. The Balaban J connectivity index is 1.60. The molecule has 8 heteroatoms. The van der Waals surface area contributed by atoms with E-state index in [0.29, 0.717) is 17.1 Å². The standard InChI is InChI=1S/C23H19FN4O3/c1-15-21(23(30)28(27(15)2)16-6-4-3-5-7-16)22(29)26-20-9-8-18(14-19(20)24)31-17-10-12-25-13-11-17/h3-14H,1-2H3,(H,26,29). The molecule has 4 rings (SSSR count). The Bertz CT molecular complexity index is 1300. The minimum atomic E-state index is -0.686. The number of benzene rings is 2. The van der Waals surface area contributed by atoms with Gasteiger partial charge in [-0.15, -0.1) is 0 Å². The number of carbonyl (C=O) groups excluding carboxylic acids is 1. The number of aromatic nitrogens is 3. The fourth-order valence-electron chi connectivity index (χ4n) is 3.22. The molecule has 0 aliphatic carbocycles. The molecule has 1 amide bonds. The topological polar surface area (TPSA) is 78.2 Å². The predicted octanol–water partition coefficient (Wildman–Crippen LogP) is 4.06. The van der Waals surface area contributed by atoms with E-state index < -0.39 is 17.3 Å². The molecule has 2 aromatic carbocycles. The Kier molecular flexibility index (Phi) is 5.36. The summed E-state index contributed by atoms with van der Waals surface area (Å²) in [6.07, 6.45) is 3.12. The third-order valence-corrected chi connectivity index (χ3v) is 4.86. The van der Waals surface area contributed by atoms with Crippen molar-refractivity contribution in [2.24, 2.45) is 7.05 Å². The number of anilines is 1. The van der Waals surface area contributed by atoms with E-state index in [9.17, 15) is 14.0 Å². The SMILES string of the molecule is Cc1c(C(=O)Nc2ccc(Oc3ccncc3)cc2F)c(=O)n(-c2ccccc2)n1C. The third-order valence-electron chi connectivity index (χ3n) is 4.86. The van der Waals surface area contributed by atoms with Gasteiger partial charge in [0.2, 0.25) is 0 Å². The maximum absolute atomic E-state index is 14.6. The van der Waals surface area contributed by atoms with Crippen LogP contribution in [0.5, 0.6) is 11.5 Å². The van der Waals surface area contributed by atoms with E-state index in [1.54, 1.807) is 67.4 Å². The summed E-state index contributed by atoms with van der Waals surface area (Å²) in [7, 11) is 1.69. The van der Waals surface area contributed by atoms with Gasteiger partial charge in [-0.05, 0) is 43.3 Å². The zero-order valence-electron chi connectivity index (χ0n) is 16.9. The van der Waals surface area contributed by atoms with Gasteiger partial charge in [-0.2, -0.15) is 0 Å². The van der Waals surface area contributed by atoms with Crippen molar-refractivity contribution in [1.29, 1.82) is 0 Å². The van der Waals surface area contributed by atoms with Crippen molar-refractivity contribution in [3.63, 3.8) is 0 Å². The van der Waals surface area contributed by atoms with Crippen LogP contribution in [0.15, 0.2) is 77.9 Å². The van der Waals surface area contributed by atoms with Crippen molar-refractivity contribution in [1.82, 2.24) is 14.3 Å². The van der Waals surface area contributed by atoms with Crippen LogP contribution in [0.3, 0.4) is 0 Å². The number of nitrogens with one attached hydrogen (secondary N) is 1. The molecule has 0 bridgehead atoms. The summed E-state index contributed by atoms with van der Waals surface area (Å²) in [5, 5.41) is 2.49. The van der Waals surface area contributed by atoms with Gasteiger partial charge in [0.1, 0.15) is 22.9 Å². The van der Waals surface area contributed by atoms with Crippen molar-refractivity contribution in [3.05, 3.63) is 100 Å². The van der Waals surface area contributed by atoms with Crippen molar-refractivity contribution >= 4 is 11.6 Å². The Morgan fingerprint density at radius 3 is 2.42 bits per heavy atom. The maximum Gasteiger partial charge on any atom is 0.284 e. The number of hydrogen-bond donors (Lipinski definition) is 1. The van der Waals surface area contributed by atoms with Gasteiger partial charge in [0.05, 0.1) is 17.1 Å². The summed E-state index contributed by atoms with van der Waals surface area (Å²) in [6.45, 7) is 1.66. The number of hydrogen-bond acceptors (Lipinski definition) is 4. The number of halogens is 1. The molecule has 0 saturated heterocycles. The Morgan fingerprint density at radius 2 is 1.74 bits per heavy atom. The molecule has 0 unspecified atom stereocenters. The average Bonchev–Trinajstić information content (AvgIpc) is 2.99. The largest absolute Gasteiger partial charge is 0.457 e. The predicted molar refractivity (Wildman–Crippen MR) is 114 cm³/mol. The van der Waals surface area contributed by atoms with Crippen LogP contribution in [-0.2, 0) is 7.05 Å². The van der Waals surface area contributed by atoms with Crippen LogP contribution < -0.4 is 15.6 Å². The van der Waals surface area contributed by atoms with Crippen molar-refractivity contribution in [2.75, 3.05) is 5.32 Å². The van der Waals surface area contributed by atoms with Gasteiger partial charge in [-0.25, -0.2) is 9.07 Å². The van der Waals surface area contributed by atoms with E-state index in [4.69, 9.17) is 4.74 Å². The van der Waals surface area contributed by atoms with Crippen LogP contribution in [-0.4, -0.2) is 20.3 Å². The normalized spacial score (nSPS) is 10.7. The fourth-order valence-corrected chi connectivity index (χ4v) is 3.22. The summed E-state index contributed by atoms with van der Waals surface area (Å²) >= 11 is 0. The molecule has 156 valence electrons. The van der Waals surface area contributed by atoms with Gasteiger partial charge >= 0.3 is 0 Å². The quantitative estimate of drug-likeness (QED) is 0.530. The van der Waals surface area contributed by atoms with Crippen LogP contribution in [0.25, 0.3) is 5.69 Å². The highest BCUT2D eigenvalue weighted by Gasteiger charge is 2.23. The number of pyridine rings is 1. The molecule has 0 aliphatic rings. The molecule has 2 heterocycles. The highest BCUT2D eigenvalue weighted by Crippen LogP contribution is 2.25. The van der Waals surface area contributed by atoms with E-state index in [2.05, 4.69) is 10.3 Å². The lowest BCUT2D eigenvalue weighted by Crippen LogP contribution is -2.25. The first-order chi connectivity index (χ1) is 15.0. The Hall–Kier alpha value is -4.20. The molecule has 0 spiro atoms. The number of amides is 1. The molecular formula is C23H19FN4O3. The van der Waals surface area contributed by atoms with Crippen LogP contribution in [0.2, 0.25) is 0 Å². The van der Waals surface area contributed by atoms with Crippen LogP contribution in [0.1, 0.15) is 16.1 Å². The van der Waals surface area contributed by atoms with Gasteiger partial charge in [0.15, 0.2) is 0 Å². The summed E-state index contributed by atoms with van der Waals surface area (Å²) < 4.78 is 23.1. The van der Waals surface area contributed by atoms with Crippen LogP contribution in [0, 0.1) is 12.7 Å². The van der Waals surface area contributed by atoms with E-state index in [1.807, 2.05) is 6.07 Å². The van der Waals surface area contributed by atoms with E-state index in [1.165, 1.54) is 16.8 Å². The number of rotatable bonds is 5. The van der Waals surface area contributed by atoms with Gasteiger partial charge < -0.3 is 10.1 Å². The van der Waals surface area contributed by atoms with Gasteiger partial charge in [0, 0.05) is 25.5 Å². The van der Waals surface area contributed by atoms with Crippen molar-refractivity contribution in [3.8, 4) is 17.2 Å². The molecular weight excluding hydrogens is 399 g/mol. The van der Waals surface area contributed by atoms with Crippen LogP contribution >= 0.6 is 0 Å². The fraction of sp³-hybridized carbons (Fsp3) is 0.0870. The third kappa shape index (κ3) is 3.95. The second kappa shape index (κ2) is 8.27. The zero-order valence-corrected chi connectivity index (χ0v) is 16.9. The van der Waals surface area contributed by atoms with E-state index in [-0.39, 0.29) is 17.0 Å². The first-order valence-corrected chi connectivity index (χ1v) is 9.48. The number of nitrogens with zero attached hydrogens (tertiary/aromatic N) is 3. The number of ether oxygens (including phenoxy) is 1. The molecule has 0 fully saturated rings. The molecule has 0 saturated carbocycles. The van der Waals surface area contributed by atoms with E-state index in [0.717, 1.165) is 6.07 Å². The molecule has 7 nitrogen and oxygen atoms in total. The minimum Gasteiger partial charge on any atom is -0.457 e. The van der Waals surface area contributed by atoms with Gasteiger partial charge in [-0.1, -0.05) is 18.2 Å². The molecule has 31 heavy (non-hydrogen) atoms. The molecule has 1 N–H and O–H groups in total. The van der Waals surface area contributed by atoms with Gasteiger partial charge in [-0.3, -0.25) is 19.3 Å². The highest BCUT2D eigenvalue weighted by atomic mass is 19.1. The van der Waals surface area contributed by atoms with Gasteiger partial charge in [0.25, 0.3) is 11.5 Å². The first kappa shape index (κ1) is 20.1. The van der Waals surface area contributed by atoms with E-state index >= 15 is 0 Å². The second-order valence-corrected chi connectivity index (χ2v) is 6.82.